The number of anilines is 2. The van der Waals surface area contributed by atoms with Crippen molar-refractivity contribution >= 4 is 44.2 Å². The minimum absolute atomic E-state index is 0.123. The van der Waals surface area contributed by atoms with E-state index in [-0.39, 0.29) is 5.91 Å². The number of pyridine rings is 1. The number of fused-ring (bicyclic) bond motifs is 1. The third kappa shape index (κ3) is 4.43. The molecule has 29 heavy (non-hydrogen) atoms. The Labute approximate surface area is 179 Å². The van der Waals surface area contributed by atoms with Crippen molar-refractivity contribution in [3.05, 3.63) is 64.1 Å². The highest BCUT2D eigenvalue weighted by Crippen LogP contribution is 2.26. The molecule has 1 N–H and O–H groups in total. The fourth-order valence-corrected chi connectivity index (χ4v) is 4.14. The SMILES string of the molecule is CCN1CCN(c2cc(C)c3cc(NC(=O)c4cccc(Br)c4)ccc3n2)CC1. The molecule has 2 aromatic carbocycles. The van der Waals surface area contributed by atoms with Crippen molar-refractivity contribution in [3.63, 3.8) is 0 Å². The Balaban J connectivity index is 1.55. The molecule has 0 saturated carbocycles. The number of rotatable bonds is 4. The Kier molecular flexibility index (Phi) is 5.83. The van der Waals surface area contributed by atoms with Crippen LogP contribution in [0.15, 0.2) is 53.0 Å². The van der Waals surface area contributed by atoms with Gasteiger partial charge in [0.1, 0.15) is 5.82 Å². The number of benzene rings is 2. The number of likely N-dealkylation sites (N-methyl/N-ethyl adjacent to an activating group) is 1. The van der Waals surface area contributed by atoms with Gasteiger partial charge in [-0.25, -0.2) is 4.98 Å². The van der Waals surface area contributed by atoms with Crippen LogP contribution in [0.1, 0.15) is 22.8 Å². The van der Waals surface area contributed by atoms with E-state index in [1.807, 2.05) is 36.4 Å². The van der Waals surface area contributed by atoms with Crippen LogP contribution in [-0.4, -0.2) is 48.5 Å². The van der Waals surface area contributed by atoms with Crippen LogP contribution >= 0.6 is 15.9 Å². The van der Waals surface area contributed by atoms with E-state index in [4.69, 9.17) is 4.98 Å². The third-order valence-electron chi connectivity index (χ3n) is 5.49. The summed E-state index contributed by atoms with van der Waals surface area (Å²) in [5.74, 6) is 0.915. The molecule has 1 saturated heterocycles. The minimum atomic E-state index is -0.123. The standard InChI is InChI=1S/C23H25BrN4O/c1-3-27-9-11-28(12-10-27)22-13-16(2)20-15-19(7-8-21(20)26-22)25-23(29)17-5-4-6-18(24)14-17/h4-8,13-15H,3,9-12H2,1-2H3,(H,25,29). The number of carbonyl (C=O) groups is 1. The van der Waals surface area contributed by atoms with Crippen LogP contribution in [0.5, 0.6) is 0 Å². The minimum Gasteiger partial charge on any atom is -0.354 e. The van der Waals surface area contributed by atoms with Gasteiger partial charge in [-0.1, -0.05) is 28.9 Å². The number of piperazine rings is 1. The van der Waals surface area contributed by atoms with Gasteiger partial charge in [0.05, 0.1) is 5.52 Å². The van der Waals surface area contributed by atoms with Crippen LogP contribution in [0.2, 0.25) is 0 Å². The van der Waals surface area contributed by atoms with Crippen LogP contribution < -0.4 is 10.2 Å². The summed E-state index contributed by atoms with van der Waals surface area (Å²) in [6.45, 7) is 9.59. The summed E-state index contributed by atoms with van der Waals surface area (Å²) in [4.78, 5) is 22.3. The van der Waals surface area contributed by atoms with Crippen LogP contribution in [0.25, 0.3) is 10.9 Å². The van der Waals surface area contributed by atoms with Crippen LogP contribution in [0, 0.1) is 6.92 Å². The molecule has 0 atom stereocenters. The zero-order valence-electron chi connectivity index (χ0n) is 16.8. The zero-order chi connectivity index (χ0) is 20.4. The van der Waals surface area contributed by atoms with Crippen molar-refractivity contribution in [1.82, 2.24) is 9.88 Å². The van der Waals surface area contributed by atoms with Crippen molar-refractivity contribution in [2.24, 2.45) is 0 Å². The number of hydrogen-bond donors (Lipinski definition) is 1. The molecule has 0 unspecified atom stereocenters. The first-order valence-corrected chi connectivity index (χ1v) is 10.8. The van der Waals surface area contributed by atoms with E-state index in [0.717, 1.165) is 59.6 Å². The average Bonchev–Trinajstić information content (AvgIpc) is 2.74. The van der Waals surface area contributed by atoms with Gasteiger partial charge in [0.25, 0.3) is 5.91 Å². The highest BCUT2D eigenvalue weighted by atomic mass is 79.9. The second-order valence-corrected chi connectivity index (χ2v) is 8.33. The number of amides is 1. The molecule has 4 rings (SSSR count). The molecule has 6 heteroatoms. The van der Waals surface area contributed by atoms with Gasteiger partial charge in [0, 0.05) is 47.3 Å². The Morgan fingerprint density at radius 2 is 1.90 bits per heavy atom. The summed E-state index contributed by atoms with van der Waals surface area (Å²) in [6.07, 6.45) is 0. The van der Waals surface area contributed by atoms with Crippen LogP contribution in [0.3, 0.4) is 0 Å². The quantitative estimate of drug-likeness (QED) is 0.622. The Morgan fingerprint density at radius 1 is 1.10 bits per heavy atom. The molecule has 0 aliphatic carbocycles. The van der Waals surface area contributed by atoms with E-state index >= 15 is 0 Å². The molecular formula is C23H25BrN4O. The van der Waals surface area contributed by atoms with Gasteiger partial charge in [0.2, 0.25) is 0 Å². The Hall–Kier alpha value is -2.44. The number of aromatic nitrogens is 1. The lowest BCUT2D eigenvalue weighted by atomic mass is 10.1. The number of aryl methyl sites for hydroxylation is 1. The monoisotopic (exact) mass is 452 g/mol. The summed E-state index contributed by atoms with van der Waals surface area (Å²) in [6, 6.07) is 15.5. The van der Waals surface area contributed by atoms with Crippen molar-refractivity contribution in [3.8, 4) is 0 Å². The highest BCUT2D eigenvalue weighted by molar-refractivity contribution is 9.10. The van der Waals surface area contributed by atoms with E-state index in [2.05, 4.69) is 51.0 Å². The lowest BCUT2D eigenvalue weighted by Crippen LogP contribution is -2.46. The number of nitrogens with zero attached hydrogens (tertiary/aromatic N) is 3. The van der Waals surface area contributed by atoms with Gasteiger partial charge in [-0.05, 0) is 61.5 Å². The van der Waals surface area contributed by atoms with E-state index in [1.165, 1.54) is 5.56 Å². The molecule has 1 aliphatic rings. The third-order valence-corrected chi connectivity index (χ3v) is 5.98. The predicted octanol–water partition coefficient (Wildman–Crippen LogP) is 4.70. The second-order valence-electron chi connectivity index (χ2n) is 7.42. The van der Waals surface area contributed by atoms with E-state index in [9.17, 15) is 4.79 Å². The molecule has 0 spiro atoms. The smallest absolute Gasteiger partial charge is 0.255 e. The summed E-state index contributed by atoms with van der Waals surface area (Å²) < 4.78 is 0.885. The number of halogens is 1. The topological polar surface area (TPSA) is 48.5 Å². The van der Waals surface area contributed by atoms with Gasteiger partial charge < -0.3 is 15.1 Å². The summed E-state index contributed by atoms with van der Waals surface area (Å²) in [7, 11) is 0. The van der Waals surface area contributed by atoms with Crippen molar-refractivity contribution in [2.45, 2.75) is 13.8 Å². The van der Waals surface area contributed by atoms with Gasteiger partial charge >= 0.3 is 0 Å². The van der Waals surface area contributed by atoms with Gasteiger partial charge in [-0.3, -0.25) is 4.79 Å². The van der Waals surface area contributed by atoms with E-state index in [0.29, 0.717) is 5.56 Å². The number of nitrogens with one attached hydrogen (secondary N) is 1. The summed E-state index contributed by atoms with van der Waals surface area (Å²) in [5.41, 5.74) is 3.52. The maximum absolute atomic E-state index is 12.5. The normalized spacial score (nSPS) is 14.9. The van der Waals surface area contributed by atoms with Gasteiger partial charge in [-0.2, -0.15) is 0 Å². The first-order chi connectivity index (χ1) is 14.0. The number of carbonyl (C=O) groups excluding carboxylic acids is 1. The van der Waals surface area contributed by atoms with Crippen LogP contribution in [-0.2, 0) is 0 Å². The molecule has 5 nitrogen and oxygen atoms in total. The van der Waals surface area contributed by atoms with E-state index < -0.39 is 0 Å². The fraction of sp³-hybridized carbons (Fsp3) is 0.304. The highest BCUT2D eigenvalue weighted by Gasteiger charge is 2.18. The fourth-order valence-electron chi connectivity index (χ4n) is 3.74. The first kappa shape index (κ1) is 19.9. The molecule has 2 heterocycles. The van der Waals surface area contributed by atoms with E-state index in [1.54, 1.807) is 6.07 Å². The lowest BCUT2D eigenvalue weighted by Gasteiger charge is -2.35. The largest absolute Gasteiger partial charge is 0.354 e. The summed E-state index contributed by atoms with van der Waals surface area (Å²) >= 11 is 3.41. The Bertz CT molecular complexity index is 1040. The van der Waals surface area contributed by atoms with Crippen molar-refractivity contribution < 1.29 is 4.79 Å². The predicted molar refractivity (Wildman–Crippen MR) is 123 cm³/mol. The molecule has 1 aromatic heterocycles. The molecule has 1 fully saturated rings. The first-order valence-electron chi connectivity index (χ1n) is 9.99. The molecule has 0 radical (unpaired) electrons. The lowest BCUT2D eigenvalue weighted by molar-refractivity contribution is 0.102. The molecular weight excluding hydrogens is 428 g/mol. The molecule has 150 valence electrons. The maximum atomic E-state index is 12.5. The van der Waals surface area contributed by atoms with Gasteiger partial charge in [0.15, 0.2) is 0 Å². The molecule has 1 aliphatic heterocycles. The summed E-state index contributed by atoms with van der Waals surface area (Å²) in [5, 5.41) is 4.05. The van der Waals surface area contributed by atoms with Crippen molar-refractivity contribution in [1.29, 1.82) is 0 Å². The maximum Gasteiger partial charge on any atom is 0.255 e. The van der Waals surface area contributed by atoms with Crippen LogP contribution in [0.4, 0.5) is 11.5 Å². The Morgan fingerprint density at radius 3 is 2.62 bits per heavy atom. The molecule has 1 amide bonds. The average molecular weight is 453 g/mol. The molecule has 3 aromatic rings. The zero-order valence-corrected chi connectivity index (χ0v) is 18.4. The van der Waals surface area contributed by atoms with Crippen molar-refractivity contribution in [2.75, 3.05) is 42.9 Å². The second kappa shape index (κ2) is 8.51. The molecule has 0 bridgehead atoms. The number of hydrogen-bond acceptors (Lipinski definition) is 4. The van der Waals surface area contributed by atoms with Gasteiger partial charge in [-0.15, -0.1) is 0 Å².